The standard InChI is InChI=1S/C22H20N2O4S/c1-15(25)24(17-7-5-4-6-8-17)22-23-16(14-29-22)9-11-20(26)19-13-18(27-2)10-12-21(19)28-3/h4-14H,1-3H3/b11-9+. The molecule has 3 aromatic rings. The summed E-state index contributed by atoms with van der Waals surface area (Å²) in [5.41, 5.74) is 1.72. The number of thiazole rings is 1. The lowest BCUT2D eigenvalue weighted by Crippen LogP contribution is -2.22. The Balaban J connectivity index is 1.83. The molecule has 6 nitrogen and oxygen atoms in total. The number of hydrogen-bond donors (Lipinski definition) is 0. The van der Waals surface area contributed by atoms with E-state index in [1.54, 1.807) is 29.7 Å². The Labute approximate surface area is 173 Å². The molecule has 0 fully saturated rings. The molecule has 0 N–H and O–H groups in total. The fourth-order valence-electron chi connectivity index (χ4n) is 2.72. The van der Waals surface area contributed by atoms with E-state index >= 15 is 0 Å². The number of para-hydroxylation sites is 1. The number of methoxy groups -OCH3 is 2. The van der Waals surface area contributed by atoms with E-state index in [1.165, 1.54) is 43.5 Å². The number of allylic oxidation sites excluding steroid dienone is 1. The number of carbonyl (C=O) groups is 2. The minimum Gasteiger partial charge on any atom is -0.497 e. The number of carbonyl (C=O) groups excluding carboxylic acids is 2. The molecule has 0 spiro atoms. The second-order valence-corrected chi connectivity index (χ2v) is 6.85. The summed E-state index contributed by atoms with van der Waals surface area (Å²) in [5.74, 6) is 0.657. The summed E-state index contributed by atoms with van der Waals surface area (Å²) < 4.78 is 10.4. The van der Waals surface area contributed by atoms with Crippen molar-refractivity contribution in [1.82, 2.24) is 4.98 Å². The van der Waals surface area contributed by atoms with Crippen molar-refractivity contribution in [2.45, 2.75) is 6.92 Å². The van der Waals surface area contributed by atoms with Gasteiger partial charge in [-0.2, -0.15) is 0 Å². The van der Waals surface area contributed by atoms with Crippen molar-refractivity contribution in [3.05, 3.63) is 71.2 Å². The van der Waals surface area contributed by atoms with E-state index < -0.39 is 0 Å². The van der Waals surface area contributed by atoms with Crippen LogP contribution in [0.5, 0.6) is 11.5 Å². The van der Waals surface area contributed by atoms with Gasteiger partial charge in [0.25, 0.3) is 0 Å². The number of hydrogen-bond acceptors (Lipinski definition) is 6. The van der Waals surface area contributed by atoms with Gasteiger partial charge in [0.05, 0.1) is 31.2 Å². The summed E-state index contributed by atoms with van der Waals surface area (Å²) in [7, 11) is 3.05. The molecule has 0 saturated carbocycles. The zero-order chi connectivity index (χ0) is 20.8. The highest BCUT2D eigenvalue weighted by molar-refractivity contribution is 7.14. The van der Waals surface area contributed by atoms with Crippen LogP contribution in [0.2, 0.25) is 0 Å². The molecule has 29 heavy (non-hydrogen) atoms. The number of ether oxygens (including phenoxy) is 2. The zero-order valence-electron chi connectivity index (χ0n) is 16.3. The third kappa shape index (κ3) is 4.70. The van der Waals surface area contributed by atoms with Gasteiger partial charge in [-0.05, 0) is 42.5 Å². The summed E-state index contributed by atoms with van der Waals surface area (Å²) >= 11 is 1.33. The molecule has 7 heteroatoms. The van der Waals surface area contributed by atoms with E-state index in [1.807, 2.05) is 30.3 Å². The Morgan fingerprint density at radius 1 is 1.07 bits per heavy atom. The number of ketones is 1. The van der Waals surface area contributed by atoms with Gasteiger partial charge in [0.1, 0.15) is 11.5 Å². The van der Waals surface area contributed by atoms with Crippen LogP contribution < -0.4 is 14.4 Å². The molecule has 0 aliphatic heterocycles. The predicted molar refractivity (Wildman–Crippen MR) is 114 cm³/mol. The molecule has 3 rings (SSSR count). The van der Waals surface area contributed by atoms with Crippen molar-refractivity contribution in [2.75, 3.05) is 19.1 Å². The SMILES string of the molecule is COc1ccc(OC)c(C(=O)/C=C/c2csc(N(C(C)=O)c3ccccc3)n2)c1. The Kier molecular flexibility index (Phi) is 6.41. The van der Waals surface area contributed by atoms with Crippen LogP contribution in [0.25, 0.3) is 6.08 Å². The molecule has 0 aliphatic carbocycles. The molecule has 0 aliphatic rings. The number of aromatic nitrogens is 1. The quantitative estimate of drug-likeness (QED) is 0.417. The fourth-order valence-corrected chi connectivity index (χ4v) is 3.57. The summed E-state index contributed by atoms with van der Waals surface area (Å²) in [6, 6.07) is 14.3. The van der Waals surface area contributed by atoms with Crippen LogP contribution in [0.3, 0.4) is 0 Å². The first-order valence-electron chi connectivity index (χ1n) is 8.79. The van der Waals surface area contributed by atoms with Crippen LogP contribution in [0.1, 0.15) is 23.0 Å². The topological polar surface area (TPSA) is 68.7 Å². The van der Waals surface area contributed by atoms with Gasteiger partial charge in [-0.1, -0.05) is 18.2 Å². The highest BCUT2D eigenvalue weighted by Gasteiger charge is 2.17. The van der Waals surface area contributed by atoms with Gasteiger partial charge in [0, 0.05) is 12.3 Å². The zero-order valence-corrected chi connectivity index (χ0v) is 17.1. The van der Waals surface area contributed by atoms with Crippen LogP contribution in [0, 0.1) is 0 Å². The number of amides is 1. The first kappa shape index (κ1) is 20.3. The van der Waals surface area contributed by atoms with Crippen LogP contribution in [0.4, 0.5) is 10.8 Å². The molecule has 1 amide bonds. The monoisotopic (exact) mass is 408 g/mol. The van der Waals surface area contributed by atoms with Crippen LogP contribution in [-0.2, 0) is 4.79 Å². The smallest absolute Gasteiger partial charge is 0.230 e. The Bertz CT molecular complexity index is 1040. The third-order valence-electron chi connectivity index (χ3n) is 4.11. The van der Waals surface area contributed by atoms with Gasteiger partial charge in [-0.3, -0.25) is 14.5 Å². The van der Waals surface area contributed by atoms with Crippen molar-refractivity contribution < 1.29 is 19.1 Å². The summed E-state index contributed by atoms with van der Waals surface area (Å²) in [6.45, 7) is 1.49. The molecule has 148 valence electrons. The Morgan fingerprint density at radius 2 is 1.83 bits per heavy atom. The summed E-state index contributed by atoms with van der Waals surface area (Å²) in [4.78, 5) is 30.8. The number of benzene rings is 2. The molecule has 0 saturated heterocycles. The number of rotatable bonds is 7. The third-order valence-corrected chi connectivity index (χ3v) is 4.95. The highest BCUT2D eigenvalue weighted by Crippen LogP contribution is 2.29. The van der Waals surface area contributed by atoms with Crippen LogP contribution in [-0.4, -0.2) is 30.9 Å². The number of anilines is 2. The number of nitrogens with zero attached hydrogens (tertiary/aromatic N) is 2. The minimum atomic E-state index is -0.234. The molecule has 2 aromatic carbocycles. The molecular formula is C22H20N2O4S. The van der Waals surface area contributed by atoms with E-state index in [0.717, 1.165) is 5.69 Å². The molecular weight excluding hydrogens is 388 g/mol. The molecule has 0 radical (unpaired) electrons. The normalized spacial score (nSPS) is 10.7. The lowest BCUT2D eigenvalue weighted by molar-refractivity contribution is -0.115. The summed E-state index contributed by atoms with van der Waals surface area (Å²) in [6.07, 6.45) is 3.04. The maximum atomic E-state index is 12.6. The molecule has 0 bridgehead atoms. The highest BCUT2D eigenvalue weighted by atomic mass is 32.1. The molecule has 0 unspecified atom stereocenters. The first-order valence-corrected chi connectivity index (χ1v) is 9.67. The average molecular weight is 408 g/mol. The van der Waals surface area contributed by atoms with E-state index in [9.17, 15) is 9.59 Å². The van der Waals surface area contributed by atoms with E-state index in [4.69, 9.17) is 9.47 Å². The van der Waals surface area contributed by atoms with Gasteiger partial charge >= 0.3 is 0 Å². The van der Waals surface area contributed by atoms with Gasteiger partial charge in [0.2, 0.25) is 5.91 Å². The predicted octanol–water partition coefficient (Wildman–Crippen LogP) is 4.74. The van der Waals surface area contributed by atoms with E-state index in [2.05, 4.69) is 4.98 Å². The van der Waals surface area contributed by atoms with Gasteiger partial charge in [-0.15, -0.1) is 11.3 Å². The second kappa shape index (κ2) is 9.16. The Hall–Kier alpha value is -3.45. The minimum absolute atomic E-state index is 0.140. The van der Waals surface area contributed by atoms with Gasteiger partial charge in [0.15, 0.2) is 10.9 Å². The van der Waals surface area contributed by atoms with Crippen LogP contribution in [0.15, 0.2) is 60.0 Å². The van der Waals surface area contributed by atoms with E-state index in [0.29, 0.717) is 27.9 Å². The van der Waals surface area contributed by atoms with Gasteiger partial charge in [-0.25, -0.2) is 4.98 Å². The second-order valence-electron chi connectivity index (χ2n) is 6.01. The van der Waals surface area contributed by atoms with Crippen molar-refractivity contribution in [2.24, 2.45) is 0 Å². The first-order chi connectivity index (χ1) is 14.0. The van der Waals surface area contributed by atoms with Gasteiger partial charge < -0.3 is 9.47 Å². The van der Waals surface area contributed by atoms with Crippen molar-refractivity contribution >= 4 is 39.9 Å². The van der Waals surface area contributed by atoms with Crippen molar-refractivity contribution in [1.29, 1.82) is 0 Å². The molecule has 1 aromatic heterocycles. The average Bonchev–Trinajstić information content (AvgIpc) is 3.20. The maximum absolute atomic E-state index is 12.6. The molecule has 1 heterocycles. The van der Waals surface area contributed by atoms with Crippen molar-refractivity contribution in [3.63, 3.8) is 0 Å². The lowest BCUT2D eigenvalue weighted by atomic mass is 10.1. The van der Waals surface area contributed by atoms with E-state index in [-0.39, 0.29) is 11.7 Å². The molecule has 0 atom stereocenters. The lowest BCUT2D eigenvalue weighted by Gasteiger charge is -2.17. The van der Waals surface area contributed by atoms with Crippen LogP contribution >= 0.6 is 11.3 Å². The summed E-state index contributed by atoms with van der Waals surface area (Å²) in [5, 5.41) is 2.33. The van der Waals surface area contributed by atoms with Crippen molar-refractivity contribution in [3.8, 4) is 11.5 Å². The fraction of sp³-hybridized carbons (Fsp3) is 0.136. The largest absolute Gasteiger partial charge is 0.497 e. The Morgan fingerprint density at radius 3 is 2.48 bits per heavy atom. The maximum Gasteiger partial charge on any atom is 0.230 e.